The first-order chi connectivity index (χ1) is 22.5. The van der Waals surface area contributed by atoms with Gasteiger partial charge in [-0.25, -0.2) is 40.1 Å². The number of rotatable bonds is 6. The molecule has 3 heterocycles. The number of aromatic nitrogens is 6. The van der Waals surface area contributed by atoms with E-state index in [0.717, 1.165) is 28.4 Å². The van der Waals surface area contributed by atoms with Gasteiger partial charge in [0.15, 0.2) is 0 Å². The second kappa shape index (κ2) is 30.8. The van der Waals surface area contributed by atoms with Crippen molar-refractivity contribution >= 4 is 57.6 Å². The van der Waals surface area contributed by atoms with Crippen molar-refractivity contribution in [1.82, 2.24) is 22.8 Å². The van der Waals surface area contributed by atoms with Gasteiger partial charge in [-0.05, 0) is 20.8 Å². The maximum Gasteiger partial charge on any atom is 1.00 e. The van der Waals surface area contributed by atoms with E-state index in [2.05, 4.69) is 107 Å². The summed E-state index contributed by atoms with van der Waals surface area (Å²) in [5.41, 5.74) is 2.64. The van der Waals surface area contributed by atoms with Crippen LogP contribution in [0.25, 0.3) is 4.13 Å². The summed E-state index contributed by atoms with van der Waals surface area (Å²) < 4.78 is 130. The van der Waals surface area contributed by atoms with Crippen LogP contribution in [0.3, 0.4) is 0 Å². The minimum absolute atomic E-state index is 0. The molecule has 0 bridgehead atoms. The van der Waals surface area contributed by atoms with Crippen LogP contribution in [0.2, 0.25) is 0 Å². The summed E-state index contributed by atoms with van der Waals surface area (Å²) in [6.07, 6.45) is 8.06. The van der Waals surface area contributed by atoms with Gasteiger partial charge >= 0.3 is 72.2 Å². The maximum absolute atomic E-state index is 11.1. The molecule has 0 aliphatic rings. The van der Waals surface area contributed by atoms with Gasteiger partial charge in [0.1, 0.15) is 29.6 Å². The predicted octanol–water partition coefficient (Wildman–Crippen LogP) is -2.14. The summed E-state index contributed by atoms with van der Waals surface area (Å²) in [5, 5.41) is 1.06. The maximum atomic E-state index is 11.1. The van der Waals surface area contributed by atoms with Crippen molar-refractivity contribution < 1.29 is 127 Å². The van der Waals surface area contributed by atoms with Crippen molar-refractivity contribution in [2.75, 3.05) is 5.33 Å². The van der Waals surface area contributed by atoms with Gasteiger partial charge in [-0.1, -0.05) is 48.6 Å². The van der Waals surface area contributed by atoms with Gasteiger partial charge in [-0.2, -0.15) is 16.8 Å². The summed E-state index contributed by atoms with van der Waals surface area (Å²) in [6, 6.07) is 0. The smallest absolute Gasteiger partial charge is 1.00 e. The molecule has 3 aromatic rings. The van der Waals surface area contributed by atoms with Gasteiger partial charge in [-0.15, -0.1) is 7.77 Å². The van der Waals surface area contributed by atoms with Gasteiger partial charge in [0.2, 0.25) is 20.8 Å². The second-order valence-corrected chi connectivity index (χ2v) is 14.8. The molecule has 27 heteroatoms. The molecule has 16 nitrogen and oxygen atoms in total. The van der Waals surface area contributed by atoms with Gasteiger partial charge < -0.3 is 25.7 Å². The molecule has 0 aromatic carbocycles. The van der Waals surface area contributed by atoms with Crippen molar-refractivity contribution in [3.63, 3.8) is 0 Å². The Bertz CT molecular complexity index is 1670. The number of halogens is 6. The minimum Gasteiger partial charge on any atom is -1.00 e. The van der Waals surface area contributed by atoms with Crippen LogP contribution < -0.4 is 81.6 Å². The molecule has 0 unspecified atom stereocenters. The third-order valence-electron chi connectivity index (χ3n) is 5.67. The fourth-order valence-electron chi connectivity index (χ4n) is 3.01. The quantitative estimate of drug-likeness (QED) is 0.0943. The van der Waals surface area contributed by atoms with E-state index in [-0.39, 0.29) is 72.5 Å². The Labute approximate surface area is 369 Å². The van der Waals surface area contributed by atoms with Crippen LogP contribution in [0.4, 0.5) is 15.5 Å². The standard InChI is InChI=1S/2C8H15N2.C5H8N2.C2H5Br.C2H6.BrH.F2HNO4S2.F2NO4S2.K/c2*1-5-10-6-7(2)9(4)8(10)3;1-5-6-3-4-7(5)2;1-2-3;1-2;;2*1-8(4,5)3-9(2,6)7;/h2*6H,5H2,1-4H3;3-4H,1-2H3;2H2,1H3;1-2H3;1H;3H;;/q2*+1;;;;;;-1;+1/p-1. The number of alkyl halides is 1. The average Bonchev–Trinajstić information content (AvgIpc) is 3.53. The molecule has 0 radical (unpaired) electrons. The summed E-state index contributed by atoms with van der Waals surface area (Å²) in [4.78, 5) is 3.98. The monoisotopic (exact) mass is 991 g/mol. The normalized spacial score (nSPS) is 10.4. The van der Waals surface area contributed by atoms with Crippen LogP contribution in [0.15, 0.2) is 24.8 Å². The van der Waals surface area contributed by atoms with Crippen LogP contribution in [0, 0.1) is 34.6 Å². The van der Waals surface area contributed by atoms with Gasteiger partial charge in [0.25, 0.3) is 11.6 Å². The van der Waals surface area contributed by atoms with E-state index in [4.69, 9.17) is 0 Å². The van der Waals surface area contributed by atoms with Crippen LogP contribution in [0.1, 0.15) is 63.5 Å². The summed E-state index contributed by atoms with van der Waals surface area (Å²) in [6.45, 7) is 23.0. The van der Waals surface area contributed by atoms with E-state index in [1.807, 2.05) is 45.5 Å². The molecule has 0 aliphatic heterocycles. The van der Waals surface area contributed by atoms with Crippen molar-refractivity contribution in [1.29, 1.82) is 0 Å². The number of hydrogen-bond donors (Lipinski definition) is 1. The van der Waals surface area contributed by atoms with Crippen molar-refractivity contribution in [2.24, 2.45) is 21.1 Å². The number of nitrogens with zero attached hydrogens (tertiary/aromatic N) is 7. The Morgan fingerprint density at radius 2 is 1.02 bits per heavy atom. The molecular weight excluding hydrogens is 943 g/mol. The molecule has 52 heavy (non-hydrogen) atoms. The zero-order valence-electron chi connectivity index (χ0n) is 31.7. The van der Waals surface area contributed by atoms with E-state index < -0.39 is 41.6 Å². The third kappa shape index (κ3) is 35.4. The summed E-state index contributed by atoms with van der Waals surface area (Å²) >= 11 is 3.15. The Hall–Kier alpha value is -0.334. The molecule has 0 amide bonds. The first-order valence-electron chi connectivity index (χ1n) is 14.3. The van der Waals surface area contributed by atoms with Crippen molar-refractivity contribution in [3.05, 3.63) is 57.8 Å². The van der Waals surface area contributed by atoms with Gasteiger partial charge in [0, 0.05) is 52.5 Å². The molecule has 0 fully saturated rings. The number of nitrogens with one attached hydrogen (secondary N) is 1. The molecule has 0 saturated carbocycles. The zero-order valence-corrected chi connectivity index (χ0v) is 41.3. The third-order valence-corrected chi connectivity index (χ3v) is 8.68. The Kier molecular flexibility index (Phi) is 37.7. The molecule has 0 spiro atoms. The van der Waals surface area contributed by atoms with Crippen LogP contribution in [0.5, 0.6) is 0 Å². The summed E-state index contributed by atoms with van der Waals surface area (Å²) in [7, 11) is -16.1. The molecule has 0 aliphatic carbocycles. The molecule has 304 valence electrons. The number of hydrogen-bond acceptors (Lipinski definition) is 9. The second-order valence-electron chi connectivity index (χ2n) is 9.04. The fourth-order valence-corrected chi connectivity index (χ4v) is 4.81. The topological polar surface area (TPSA) is 198 Å². The van der Waals surface area contributed by atoms with Crippen LogP contribution in [-0.2, 0) is 75.9 Å². The van der Waals surface area contributed by atoms with Crippen LogP contribution in [-0.4, -0.2) is 57.7 Å². The molecular formula is C25H50Br2F4KN8O8S4+. The first-order valence-corrected chi connectivity index (χ1v) is 20.9. The van der Waals surface area contributed by atoms with E-state index in [9.17, 15) is 49.2 Å². The largest absolute Gasteiger partial charge is 1.00 e. The summed E-state index contributed by atoms with van der Waals surface area (Å²) in [5.74, 6) is 3.69. The van der Waals surface area contributed by atoms with Crippen molar-refractivity contribution in [2.45, 2.75) is 82.3 Å². The molecule has 3 aromatic heterocycles. The molecule has 0 atom stereocenters. The first kappa shape index (κ1) is 63.6. The Morgan fingerprint density at radius 1 is 0.731 bits per heavy atom. The van der Waals surface area contributed by atoms with E-state index >= 15 is 0 Å². The SMILES string of the molecule is CC.CCBr.CC[n+]1cc(C)n(C)c1C.CC[n+]1cc(C)n(C)c1C.Cc1nccn1C.O=S(=O)(F)NS(=O)(=O)F.O=S(=O)(F)[N-]S(=O)(=O)F.[Br-].[K+]. The zero-order chi connectivity index (χ0) is 40.8. The van der Waals surface area contributed by atoms with E-state index in [1.54, 1.807) is 6.20 Å². The molecule has 1 N–H and O–H groups in total. The average molecular weight is 994 g/mol. The number of aryl methyl sites for hydroxylation is 6. The predicted molar refractivity (Wildman–Crippen MR) is 187 cm³/mol. The minimum atomic E-state index is -5.62. The fraction of sp³-hybridized carbons (Fsp3) is 0.640. The molecule has 0 saturated heterocycles. The van der Waals surface area contributed by atoms with Crippen LogP contribution >= 0.6 is 15.9 Å². The van der Waals surface area contributed by atoms with Gasteiger partial charge in [0.05, 0.1) is 27.2 Å². The van der Waals surface area contributed by atoms with Gasteiger partial charge in [-0.3, -0.25) is 0 Å². The Morgan fingerprint density at radius 3 is 1.08 bits per heavy atom. The Balaban J connectivity index is -0.000000122. The molecule has 3 rings (SSSR count). The van der Waals surface area contributed by atoms with E-state index in [1.165, 1.54) is 23.0 Å². The van der Waals surface area contributed by atoms with E-state index in [0.29, 0.717) is 0 Å². The van der Waals surface area contributed by atoms with Crippen molar-refractivity contribution in [3.8, 4) is 0 Å². The number of imidazole rings is 3.